The Labute approximate surface area is 101 Å². The Kier molecular flexibility index (Phi) is 4.90. The molecule has 4 nitrogen and oxygen atoms in total. The summed E-state index contributed by atoms with van der Waals surface area (Å²) in [5, 5.41) is 0. The molecule has 1 aromatic carbocycles. The van der Waals surface area contributed by atoms with Gasteiger partial charge in [0.2, 0.25) is 5.96 Å². The molecule has 1 aromatic rings. The van der Waals surface area contributed by atoms with Crippen molar-refractivity contribution in [3.63, 3.8) is 0 Å². The molecule has 0 saturated heterocycles. The standard InChI is InChI=1S/C12H19FN4/c1-4-17(12(16-14)15-9(2)3)11-7-5-6-10(13)8-11/h5-9H,4,14H2,1-3H3,(H,15,16). The van der Waals surface area contributed by atoms with Crippen LogP contribution in [0.15, 0.2) is 29.3 Å². The molecule has 3 N–H and O–H groups in total. The fourth-order valence-corrected chi connectivity index (χ4v) is 1.53. The fourth-order valence-electron chi connectivity index (χ4n) is 1.53. The quantitative estimate of drug-likeness (QED) is 0.366. The van der Waals surface area contributed by atoms with Gasteiger partial charge in [-0.25, -0.2) is 15.2 Å². The molecule has 0 saturated carbocycles. The molecule has 0 spiro atoms. The van der Waals surface area contributed by atoms with Gasteiger partial charge in [0.25, 0.3) is 0 Å². The van der Waals surface area contributed by atoms with Gasteiger partial charge in [0.05, 0.1) is 0 Å². The second-order valence-corrected chi connectivity index (χ2v) is 3.91. The van der Waals surface area contributed by atoms with E-state index in [9.17, 15) is 4.39 Å². The van der Waals surface area contributed by atoms with Gasteiger partial charge in [0.1, 0.15) is 5.82 Å². The highest BCUT2D eigenvalue weighted by Crippen LogP contribution is 2.15. The number of guanidine groups is 1. The number of nitrogens with one attached hydrogen (secondary N) is 1. The van der Waals surface area contributed by atoms with E-state index in [1.165, 1.54) is 12.1 Å². The number of hydrazine groups is 1. The summed E-state index contributed by atoms with van der Waals surface area (Å²) in [5.41, 5.74) is 3.28. The van der Waals surface area contributed by atoms with Crippen molar-refractivity contribution in [2.24, 2.45) is 10.8 Å². The van der Waals surface area contributed by atoms with Gasteiger partial charge in [0, 0.05) is 18.3 Å². The first-order valence-corrected chi connectivity index (χ1v) is 5.66. The SMILES string of the molecule is CCN(C(=NC(C)C)NN)c1cccc(F)c1. The first kappa shape index (κ1) is 13.4. The minimum atomic E-state index is -0.276. The zero-order chi connectivity index (χ0) is 12.8. The number of anilines is 1. The highest BCUT2D eigenvalue weighted by atomic mass is 19.1. The summed E-state index contributed by atoms with van der Waals surface area (Å²) < 4.78 is 13.2. The average molecular weight is 238 g/mol. The Hall–Kier alpha value is -1.62. The third-order valence-electron chi connectivity index (χ3n) is 2.20. The third-order valence-corrected chi connectivity index (χ3v) is 2.20. The van der Waals surface area contributed by atoms with E-state index in [4.69, 9.17) is 5.84 Å². The summed E-state index contributed by atoms with van der Waals surface area (Å²) in [6.07, 6.45) is 0. The number of nitrogens with two attached hydrogens (primary N) is 1. The van der Waals surface area contributed by atoms with Crippen molar-refractivity contribution in [1.29, 1.82) is 0 Å². The number of aliphatic imine (C=N–C) groups is 1. The third kappa shape index (κ3) is 3.71. The number of hydrogen-bond donors (Lipinski definition) is 2. The van der Waals surface area contributed by atoms with E-state index in [1.807, 2.05) is 31.7 Å². The lowest BCUT2D eigenvalue weighted by molar-refractivity contribution is 0.627. The minimum Gasteiger partial charge on any atom is -0.312 e. The highest BCUT2D eigenvalue weighted by molar-refractivity contribution is 5.95. The first-order chi connectivity index (χ1) is 8.08. The van der Waals surface area contributed by atoms with Crippen molar-refractivity contribution >= 4 is 11.6 Å². The maximum atomic E-state index is 13.2. The van der Waals surface area contributed by atoms with Crippen LogP contribution < -0.4 is 16.2 Å². The van der Waals surface area contributed by atoms with Gasteiger partial charge in [-0.05, 0) is 39.0 Å². The Balaban J connectivity index is 3.05. The molecule has 0 unspecified atom stereocenters. The second-order valence-electron chi connectivity index (χ2n) is 3.91. The normalized spacial score (nSPS) is 11.8. The van der Waals surface area contributed by atoms with E-state index in [-0.39, 0.29) is 11.9 Å². The van der Waals surface area contributed by atoms with Gasteiger partial charge < -0.3 is 4.90 Å². The number of hydrogen-bond acceptors (Lipinski definition) is 2. The summed E-state index contributed by atoms with van der Waals surface area (Å²) in [6.45, 7) is 6.52. The average Bonchev–Trinajstić information content (AvgIpc) is 2.28. The van der Waals surface area contributed by atoms with Gasteiger partial charge in [-0.3, -0.25) is 5.43 Å². The lowest BCUT2D eigenvalue weighted by atomic mass is 10.3. The van der Waals surface area contributed by atoms with Crippen LogP contribution >= 0.6 is 0 Å². The smallest absolute Gasteiger partial charge is 0.213 e. The minimum absolute atomic E-state index is 0.114. The Bertz CT molecular complexity index is 390. The van der Waals surface area contributed by atoms with Crippen LogP contribution in [0.3, 0.4) is 0 Å². The van der Waals surface area contributed by atoms with Crippen LogP contribution in [0.25, 0.3) is 0 Å². The molecule has 0 atom stereocenters. The molecule has 0 heterocycles. The second kappa shape index (κ2) is 6.20. The molecule has 0 fully saturated rings. The van der Waals surface area contributed by atoms with Crippen molar-refractivity contribution in [1.82, 2.24) is 5.43 Å². The molecule has 17 heavy (non-hydrogen) atoms. The number of nitrogens with zero attached hydrogens (tertiary/aromatic N) is 2. The van der Waals surface area contributed by atoms with E-state index >= 15 is 0 Å². The Morgan fingerprint density at radius 3 is 2.71 bits per heavy atom. The maximum Gasteiger partial charge on any atom is 0.213 e. The lowest BCUT2D eigenvalue weighted by Gasteiger charge is -2.24. The predicted octanol–water partition coefficient (Wildman–Crippen LogP) is 1.88. The van der Waals surface area contributed by atoms with E-state index in [0.29, 0.717) is 12.5 Å². The summed E-state index contributed by atoms with van der Waals surface area (Å²) >= 11 is 0. The molecule has 0 radical (unpaired) electrons. The monoisotopic (exact) mass is 238 g/mol. The molecular weight excluding hydrogens is 219 g/mol. The van der Waals surface area contributed by atoms with E-state index in [1.54, 1.807) is 6.07 Å². The van der Waals surface area contributed by atoms with Crippen molar-refractivity contribution in [3.8, 4) is 0 Å². The molecule has 0 aliphatic heterocycles. The van der Waals surface area contributed by atoms with Gasteiger partial charge in [-0.2, -0.15) is 0 Å². The van der Waals surface area contributed by atoms with Crippen LogP contribution in [0.2, 0.25) is 0 Å². The zero-order valence-corrected chi connectivity index (χ0v) is 10.4. The summed E-state index contributed by atoms with van der Waals surface area (Å²) in [5.74, 6) is 5.72. The highest BCUT2D eigenvalue weighted by Gasteiger charge is 2.11. The van der Waals surface area contributed by atoms with Crippen LogP contribution in [-0.2, 0) is 0 Å². The van der Waals surface area contributed by atoms with Crippen LogP contribution in [-0.4, -0.2) is 18.5 Å². The van der Waals surface area contributed by atoms with Crippen molar-refractivity contribution in [2.45, 2.75) is 26.8 Å². The van der Waals surface area contributed by atoms with E-state index in [2.05, 4.69) is 10.4 Å². The van der Waals surface area contributed by atoms with Gasteiger partial charge in [-0.15, -0.1) is 0 Å². The van der Waals surface area contributed by atoms with Crippen molar-refractivity contribution < 1.29 is 4.39 Å². The first-order valence-electron chi connectivity index (χ1n) is 5.66. The molecule has 5 heteroatoms. The zero-order valence-electron chi connectivity index (χ0n) is 10.4. The maximum absolute atomic E-state index is 13.2. The summed E-state index contributed by atoms with van der Waals surface area (Å²) in [4.78, 5) is 6.18. The predicted molar refractivity (Wildman–Crippen MR) is 69.3 cm³/mol. The molecule has 94 valence electrons. The number of rotatable bonds is 3. The van der Waals surface area contributed by atoms with Crippen LogP contribution in [0.5, 0.6) is 0 Å². The molecule has 0 aliphatic rings. The van der Waals surface area contributed by atoms with E-state index in [0.717, 1.165) is 5.69 Å². The molecule has 0 amide bonds. The molecule has 1 rings (SSSR count). The lowest BCUT2D eigenvalue weighted by Crippen LogP contribution is -2.45. The number of halogens is 1. The van der Waals surface area contributed by atoms with Crippen molar-refractivity contribution in [2.75, 3.05) is 11.4 Å². The van der Waals surface area contributed by atoms with Crippen LogP contribution in [0.1, 0.15) is 20.8 Å². The molecule has 0 aromatic heterocycles. The molecule has 0 bridgehead atoms. The Morgan fingerprint density at radius 2 is 2.24 bits per heavy atom. The largest absolute Gasteiger partial charge is 0.312 e. The van der Waals surface area contributed by atoms with Crippen molar-refractivity contribution in [3.05, 3.63) is 30.1 Å². The fraction of sp³-hybridized carbons (Fsp3) is 0.417. The summed E-state index contributed by atoms with van der Waals surface area (Å²) in [6, 6.07) is 6.46. The van der Waals surface area contributed by atoms with E-state index < -0.39 is 0 Å². The van der Waals surface area contributed by atoms with Crippen LogP contribution in [0.4, 0.5) is 10.1 Å². The van der Waals surface area contributed by atoms with Gasteiger partial charge in [-0.1, -0.05) is 6.07 Å². The van der Waals surface area contributed by atoms with Gasteiger partial charge >= 0.3 is 0 Å². The topological polar surface area (TPSA) is 53.6 Å². The molecular formula is C12H19FN4. The Morgan fingerprint density at radius 1 is 1.53 bits per heavy atom. The summed E-state index contributed by atoms with van der Waals surface area (Å²) in [7, 11) is 0. The van der Waals surface area contributed by atoms with Gasteiger partial charge in [0.15, 0.2) is 0 Å². The molecule has 0 aliphatic carbocycles. The van der Waals surface area contributed by atoms with Crippen LogP contribution in [0, 0.1) is 5.82 Å². The number of benzene rings is 1.